The van der Waals surface area contributed by atoms with Crippen LogP contribution in [0.4, 0.5) is 0 Å². The Balaban J connectivity index is 2.45. The molecule has 0 unspecified atom stereocenters. The van der Waals surface area contributed by atoms with E-state index < -0.39 is 0 Å². The molecule has 0 saturated carbocycles. The quantitative estimate of drug-likeness (QED) is 0.603. The number of hydrogen-bond donors (Lipinski definition) is 2. The summed E-state index contributed by atoms with van der Waals surface area (Å²) in [6.07, 6.45) is 3.65. The van der Waals surface area contributed by atoms with Crippen molar-refractivity contribution in [3.63, 3.8) is 0 Å². The van der Waals surface area contributed by atoms with Crippen LogP contribution in [-0.2, 0) is 6.54 Å². The summed E-state index contributed by atoms with van der Waals surface area (Å²) < 4.78 is 0. The summed E-state index contributed by atoms with van der Waals surface area (Å²) in [7, 11) is 0. The number of aliphatic hydroxyl groups is 1. The summed E-state index contributed by atoms with van der Waals surface area (Å²) in [6, 6.07) is 0. The van der Waals surface area contributed by atoms with Gasteiger partial charge in [-0.1, -0.05) is 11.8 Å². The topological polar surface area (TPSA) is 58.0 Å². The summed E-state index contributed by atoms with van der Waals surface area (Å²) in [4.78, 5) is 8.44. The molecule has 16 heavy (non-hydrogen) atoms. The third-order valence-corrected chi connectivity index (χ3v) is 2.68. The minimum atomic E-state index is 0.101. The lowest BCUT2D eigenvalue weighted by Crippen LogP contribution is -2.35. The van der Waals surface area contributed by atoms with Gasteiger partial charge < -0.3 is 10.4 Å². The maximum atomic E-state index is 8.67. The average Bonchev–Trinajstić information content (AvgIpc) is 2.24. The Bertz CT molecular complexity index is 308. The first-order chi connectivity index (χ1) is 7.51. The highest BCUT2D eigenvalue weighted by molar-refractivity contribution is 7.99. The summed E-state index contributed by atoms with van der Waals surface area (Å²) in [5.74, 6) is 0.638. The van der Waals surface area contributed by atoms with Gasteiger partial charge in [0, 0.05) is 35.8 Å². The molecule has 1 heterocycles. The number of rotatable bonds is 5. The van der Waals surface area contributed by atoms with Gasteiger partial charge in [0.05, 0.1) is 6.61 Å². The molecular formula is C11H19N3OS. The fourth-order valence-corrected chi connectivity index (χ4v) is 1.54. The Hall–Kier alpha value is -0.650. The molecule has 1 aromatic heterocycles. The molecule has 1 aromatic rings. The second kappa shape index (κ2) is 6.18. The smallest absolute Gasteiger partial charge is 0.187 e. The summed E-state index contributed by atoms with van der Waals surface area (Å²) in [5.41, 5.74) is 1.17. The van der Waals surface area contributed by atoms with Crippen molar-refractivity contribution in [2.45, 2.75) is 38.0 Å². The van der Waals surface area contributed by atoms with Gasteiger partial charge in [-0.3, -0.25) is 0 Å². The third-order valence-electron chi connectivity index (χ3n) is 1.83. The molecule has 0 fully saturated rings. The van der Waals surface area contributed by atoms with Crippen LogP contribution in [0.3, 0.4) is 0 Å². The Morgan fingerprint density at radius 1 is 1.31 bits per heavy atom. The zero-order valence-electron chi connectivity index (χ0n) is 10.0. The Morgan fingerprint density at radius 3 is 2.44 bits per heavy atom. The zero-order valence-corrected chi connectivity index (χ0v) is 10.8. The van der Waals surface area contributed by atoms with Gasteiger partial charge >= 0.3 is 0 Å². The predicted octanol–water partition coefficient (Wildman–Crippen LogP) is 1.45. The molecule has 4 nitrogen and oxygen atoms in total. The van der Waals surface area contributed by atoms with Crippen LogP contribution in [0.1, 0.15) is 26.3 Å². The minimum absolute atomic E-state index is 0.101. The second-order valence-corrected chi connectivity index (χ2v) is 5.61. The molecule has 0 saturated heterocycles. The number of nitrogens with one attached hydrogen (secondary N) is 1. The van der Waals surface area contributed by atoms with E-state index in [2.05, 4.69) is 36.1 Å². The largest absolute Gasteiger partial charge is 0.396 e. The first-order valence-electron chi connectivity index (χ1n) is 5.31. The minimum Gasteiger partial charge on any atom is -0.396 e. The van der Waals surface area contributed by atoms with Crippen LogP contribution in [0.5, 0.6) is 0 Å². The average molecular weight is 241 g/mol. The van der Waals surface area contributed by atoms with Crippen molar-refractivity contribution in [3.8, 4) is 0 Å². The van der Waals surface area contributed by atoms with Crippen molar-refractivity contribution in [1.29, 1.82) is 0 Å². The number of thioether (sulfide) groups is 1. The molecule has 1 rings (SSSR count). The molecule has 0 bridgehead atoms. The van der Waals surface area contributed by atoms with Gasteiger partial charge in [0.25, 0.3) is 0 Å². The highest BCUT2D eigenvalue weighted by Crippen LogP contribution is 2.11. The highest BCUT2D eigenvalue weighted by atomic mass is 32.2. The molecule has 0 atom stereocenters. The SMILES string of the molecule is CC(C)(C)NCc1cnc(SCCO)nc1. The number of aromatic nitrogens is 2. The molecular weight excluding hydrogens is 222 g/mol. The Morgan fingerprint density at radius 2 is 1.94 bits per heavy atom. The van der Waals surface area contributed by atoms with E-state index in [0.29, 0.717) is 10.9 Å². The van der Waals surface area contributed by atoms with Crippen LogP contribution in [0.15, 0.2) is 17.6 Å². The van der Waals surface area contributed by atoms with Crippen LogP contribution >= 0.6 is 11.8 Å². The number of nitrogens with zero attached hydrogens (tertiary/aromatic N) is 2. The van der Waals surface area contributed by atoms with Gasteiger partial charge in [-0.15, -0.1) is 0 Å². The maximum absolute atomic E-state index is 8.67. The van der Waals surface area contributed by atoms with E-state index in [1.54, 1.807) is 0 Å². The van der Waals surface area contributed by atoms with Crippen LogP contribution < -0.4 is 5.32 Å². The van der Waals surface area contributed by atoms with Gasteiger partial charge in [0.2, 0.25) is 0 Å². The predicted molar refractivity (Wildman–Crippen MR) is 66.4 cm³/mol. The van der Waals surface area contributed by atoms with E-state index in [0.717, 1.165) is 12.1 Å². The van der Waals surface area contributed by atoms with Crippen molar-refractivity contribution < 1.29 is 5.11 Å². The second-order valence-electron chi connectivity index (χ2n) is 4.55. The highest BCUT2D eigenvalue weighted by Gasteiger charge is 2.08. The molecule has 0 radical (unpaired) electrons. The van der Waals surface area contributed by atoms with Crippen molar-refractivity contribution in [3.05, 3.63) is 18.0 Å². The van der Waals surface area contributed by atoms with Crippen LogP contribution in [0, 0.1) is 0 Å². The Labute approximate surface area is 101 Å². The summed E-state index contributed by atoms with van der Waals surface area (Å²) in [6.45, 7) is 7.30. The summed E-state index contributed by atoms with van der Waals surface area (Å²) in [5, 5.41) is 12.8. The van der Waals surface area contributed by atoms with E-state index in [9.17, 15) is 0 Å². The van der Waals surface area contributed by atoms with E-state index in [-0.39, 0.29) is 12.1 Å². The molecule has 0 aliphatic rings. The lowest BCUT2D eigenvalue weighted by atomic mass is 10.1. The van der Waals surface area contributed by atoms with E-state index >= 15 is 0 Å². The van der Waals surface area contributed by atoms with E-state index in [1.165, 1.54) is 11.8 Å². The molecule has 0 aliphatic heterocycles. The van der Waals surface area contributed by atoms with Crippen LogP contribution in [-0.4, -0.2) is 33.0 Å². The first kappa shape index (κ1) is 13.4. The van der Waals surface area contributed by atoms with Crippen molar-refractivity contribution in [2.24, 2.45) is 0 Å². The number of aliphatic hydroxyl groups excluding tert-OH is 1. The lowest BCUT2D eigenvalue weighted by Gasteiger charge is -2.20. The van der Waals surface area contributed by atoms with Crippen molar-refractivity contribution >= 4 is 11.8 Å². The standard InChI is InChI=1S/C11H19N3OS/c1-11(2,3)14-8-9-6-12-10(13-7-9)16-5-4-15/h6-7,14-15H,4-5,8H2,1-3H3. The van der Waals surface area contributed by atoms with Gasteiger partial charge in [-0.05, 0) is 20.8 Å². The van der Waals surface area contributed by atoms with Crippen molar-refractivity contribution in [1.82, 2.24) is 15.3 Å². The molecule has 2 N–H and O–H groups in total. The molecule has 0 amide bonds. The van der Waals surface area contributed by atoms with Crippen LogP contribution in [0.2, 0.25) is 0 Å². The van der Waals surface area contributed by atoms with Crippen molar-refractivity contribution in [2.75, 3.05) is 12.4 Å². The van der Waals surface area contributed by atoms with Gasteiger partial charge in [-0.2, -0.15) is 0 Å². The first-order valence-corrected chi connectivity index (χ1v) is 6.29. The fraction of sp³-hybridized carbons (Fsp3) is 0.636. The molecule has 0 aliphatic carbocycles. The molecule has 0 aromatic carbocycles. The zero-order chi connectivity index (χ0) is 12.0. The molecule has 0 spiro atoms. The van der Waals surface area contributed by atoms with Gasteiger partial charge in [0.1, 0.15) is 0 Å². The van der Waals surface area contributed by atoms with Crippen LogP contribution in [0.25, 0.3) is 0 Å². The lowest BCUT2D eigenvalue weighted by molar-refractivity contribution is 0.322. The normalized spacial score (nSPS) is 11.8. The van der Waals surface area contributed by atoms with Gasteiger partial charge in [0.15, 0.2) is 5.16 Å². The molecule has 90 valence electrons. The monoisotopic (exact) mass is 241 g/mol. The third kappa shape index (κ3) is 5.44. The Kier molecular flexibility index (Phi) is 5.18. The van der Waals surface area contributed by atoms with E-state index in [4.69, 9.17) is 5.11 Å². The van der Waals surface area contributed by atoms with Gasteiger partial charge in [-0.25, -0.2) is 9.97 Å². The van der Waals surface area contributed by atoms with E-state index in [1.807, 2.05) is 12.4 Å². The summed E-state index contributed by atoms with van der Waals surface area (Å²) >= 11 is 1.46. The number of hydrogen-bond acceptors (Lipinski definition) is 5. The fourth-order valence-electron chi connectivity index (χ4n) is 1.01. The maximum Gasteiger partial charge on any atom is 0.187 e. The molecule has 5 heteroatoms.